The number of rotatable bonds is 2. The molecule has 6 heterocycles. The molecule has 6 aliphatic rings. The number of hydrogen-bond donors (Lipinski definition) is 2. The van der Waals surface area contributed by atoms with Crippen LogP contribution in [0.5, 0.6) is 0 Å². The molecule has 0 spiro atoms. The number of thiol groups is 1. The standard InChI is InChI=1S/C12H20O6.C12H18O6.BHNS/c2*1-11(2)14-5-6(16-11)8-7(13)9-10(15-8)18-12(3,4)17-9;1-2-3/h6-10,13H,5H2,1-4H3;6,8-10H,5H2,1-4H3;3H/t6?,7-,8+,9+,10+;6?,8-,9-,10-;/m01./s1. The van der Waals surface area contributed by atoms with Gasteiger partial charge >= 0.3 is 24.8 Å². The molecular weight excluding hydrogens is 537 g/mol. The second-order valence-corrected chi connectivity index (χ2v) is 12.0. The van der Waals surface area contributed by atoms with Crippen molar-refractivity contribution in [3.05, 3.63) is 0 Å². The number of aliphatic hydroxyl groups excluding tert-OH is 1. The van der Waals surface area contributed by atoms with Gasteiger partial charge in [0.15, 0.2) is 53.7 Å². The molecule has 0 aromatic carbocycles. The Labute approximate surface area is 235 Å². The fraction of sp³-hybridized carbons (Fsp3) is 0.958. The first-order chi connectivity index (χ1) is 18.0. The molecule has 0 aromatic heterocycles. The zero-order valence-corrected chi connectivity index (χ0v) is 24.4. The van der Waals surface area contributed by atoms with Crippen molar-refractivity contribution >= 4 is 26.2 Å². The third kappa shape index (κ3) is 7.09. The van der Waals surface area contributed by atoms with Crippen LogP contribution >= 0.6 is 12.8 Å². The Morgan fingerprint density at radius 2 is 1.23 bits per heavy atom. The van der Waals surface area contributed by atoms with Crippen LogP contribution in [0.2, 0.25) is 0 Å². The average Bonchev–Trinajstić information content (AvgIpc) is 3.60. The molecule has 0 saturated carbocycles. The van der Waals surface area contributed by atoms with Crippen LogP contribution in [-0.4, -0.2) is 110 Å². The zero-order valence-electron chi connectivity index (χ0n) is 23.5. The Hall–Kier alpha value is -0.555. The molecule has 9 atom stereocenters. The van der Waals surface area contributed by atoms with Gasteiger partial charge in [0.25, 0.3) is 0 Å². The van der Waals surface area contributed by atoms with Crippen LogP contribution in [0.4, 0.5) is 0 Å². The summed E-state index contributed by atoms with van der Waals surface area (Å²) in [4.78, 5) is 12.2. The fourth-order valence-corrected chi connectivity index (χ4v) is 5.23. The number of fused-ring (bicyclic) bond motifs is 2. The van der Waals surface area contributed by atoms with Crippen LogP contribution in [-0.2, 0) is 52.2 Å². The quantitative estimate of drug-likeness (QED) is 0.360. The summed E-state index contributed by atoms with van der Waals surface area (Å²) in [5.41, 5.74) is 0. The average molecular weight is 576 g/mol. The van der Waals surface area contributed by atoms with E-state index >= 15 is 0 Å². The number of aliphatic hydroxyl groups is 1. The van der Waals surface area contributed by atoms with Crippen molar-refractivity contribution in [3.63, 3.8) is 0 Å². The Bertz CT molecular complexity index is 920. The number of carbonyl (C=O) groups is 1. The van der Waals surface area contributed by atoms with Gasteiger partial charge in [0.1, 0.15) is 30.5 Å². The SMILES string of the molecule is CC1(C)OCC([C@H]2O[C@@H]3OC(C)(C)O[C@@H]3C2=O)O1.CC1(C)OCC([C@H]2O[C@@H]3OC(C)(C)O[C@@H]3[C@H]2O)O1.[B]=NS. The van der Waals surface area contributed by atoms with Crippen LogP contribution in [0.3, 0.4) is 0 Å². The molecule has 6 aliphatic heterocycles. The van der Waals surface area contributed by atoms with E-state index in [0.29, 0.717) is 13.2 Å². The van der Waals surface area contributed by atoms with Crippen molar-refractivity contribution in [3.8, 4) is 0 Å². The van der Waals surface area contributed by atoms with E-state index in [4.69, 9.17) is 47.4 Å². The molecule has 2 unspecified atom stereocenters. The first-order valence-corrected chi connectivity index (χ1v) is 13.3. The Kier molecular flexibility index (Phi) is 9.06. The summed E-state index contributed by atoms with van der Waals surface area (Å²) in [7, 11) is 4.34. The van der Waals surface area contributed by atoms with Gasteiger partial charge in [-0.25, -0.2) is 0 Å². The van der Waals surface area contributed by atoms with Gasteiger partial charge < -0.3 is 52.5 Å². The van der Waals surface area contributed by atoms with Crippen LogP contribution in [0, 0.1) is 0 Å². The predicted octanol–water partition coefficient (Wildman–Crippen LogP) is 1.14. The van der Waals surface area contributed by atoms with Gasteiger partial charge in [-0.15, -0.1) is 0 Å². The summed E-state index contributed by atoms with van der Waals surface area (Å²) in [5.74, 6) is -2.92. The van der Waals surface area contributed by atoms with Crippen LogP contribution in [0.1, 0.15) is 55.4 Å². The molecule has 0 aromatic rings. The van der Waals surface area contributed by atoms with Gasteiger partial charge in [0.2, 0.25) is 0 Å². The number of ether oxygens (including phenoxy) is 10. The van der Waals surface area contributed by atoms with Crippen LogP contribution in [0.15, 0.2) is 4.30 Å². The predicted molar refractivity (Wildman–Crippen MR) is 135 cm³/mol. The molecule has 0 amide bonds. The topological polar surface area (TPSA) is 142 Å². The number of Topliss-reactive ketones (excluding diaryl/α,β-unsaturated/α-hetero) is 1. The van der Waals surface area contributed by atoms with Crippen molar-refractivity contribution in [1.29, 1.82) is 0 Å². The van der Waals surface area contributed by atoms with Gasteiger partial charge in [-0.2, -0.15) is 0 Å². The summed E-state index contributed by atoms with van der Waals surface area (Å²) >= 11 is 3.19. The maximum atomic E-state index is 12.2. The molecule has 6 saturated heterocycles. The molecule has 6 rings (SSSR count). The summed E-state index contributed by atoms with van der Waals surface area (Å²) in [6, 6.07) is 0. The van der Waals surface area contributed by atoms with Crippen LogP contribution in [0.25, 0.3) is 0 Å². The monoisotopic (exact) mass is 576 g/mol. The summed E-state index contributed by atoms with van der Waals surface area (Å²) in [5, 5.41) is 10.3. The molecule has 15 heteroatoms. The fourth-order valence-electron chi connectivity index (χ4n) is 5.23. The molecule has 0 aliphatic carbocycles. The van der Waals surface area contributed by atoms with Gasteiger partial charge in [0, 0.05) is 0 Å². The van der Waals surface area contributed by atoms with Gasteiger partial charge in [0.05, 0.1) is 13.2 Å². The number of carbonyl (C=O) groups excluding carboxylic acids is 1. The number of nitrogens with zero attached hydrogens (tertiary/aromatic N) is 1. The van der Waals surface area contributed by atoms with E-state index in [0.717, 1.165) is 0 Å². The van der Waals surface area contributed by atoms with E-state index in [9.17, 15) is 9.90 Å². The molecular formula is C24H39BNO12S. The van der Waals surface area contributed by atoms with E-state index in [1.807, 2.05) is 27.7 Å². The third-order valence-corrected chi connectivity index (χ3v) is 6.72. The normalized spacial score (nSPS) is 44.1. The Balaban J connectivity index is 0.000000165. The molecule has 221 valence electrons. The summed E-state index contributed by atoms with van der Waals surface area (Å²) < 4.78 is 58.6. The molecule has 1 N–H and O–H groups in total. The van der Waals surface area contributed by atoms with Crippen molar-refractivity contribution < 1.29 is 57.3 Å². The second-order valence-electron chi connectivity index (χ2n) is 11.8. The van der Waals surface area contributed by atoms with Crippen molar-refractivity contribution in [1.82, 2.24) is 0 Å². The maximum absolute atomic E-state index is 12.2. The minimum atomic E-state index is -0.776. The van der Waals surface area contributed by atoms with Gasteiger partial charge in [-0.3, -0.25) is 4.79 Å². The van der Waals surface area contributed by atoms with Crippen molar-refractivity contribution in [2.24, 2.45) is 4.30 Å². The van der Waals surface area contributed by atoms with E-state index in [-0.39, 0.29) is 11.9 Å². The van der Waals surface area contributed by atoms with Crippen molar-refractivity contribution in [2.75, 3.05) is 13.2 Å². The Morgan fingerprint density at radius 3 is 1.72 bits per heavy atom. The number of hydrogen-bond acceptors (Lipinski definition) is 14. The molecule has 6 fully saturated rings. The first kappa shape index (κ1) is 31.4. The summed E-state index contributed by atoms with van der Waals surface area (Å²) in [6.07, 6.45) is -4.88. The van der Waals surface area contributed by atoms with E-state index in [2.05, 4.69) is 24.8 Å². The minimum absolute atomic E-state index is 0.128. The molecule has 1 radical (unpaired) electrons. The number of ketones is 1. The van der Waals surface area contributed by atoms with E-state index in [1.54, 1.807) is 27.7 Å². The second kappa shape index (κ2) is 11.3. The third-order valence-electron chi connectivity index (χ3n) is 6.72. The van der Waals surface area contributed by atoms with E-state index in [1.165, 1.54) is 0 Å². The molecule has 13 nitrogen and oxygen atoms in total. The van der Waals surface area contributed by atoms with Gasteiger partial charge in [-0.05, 0) is 55.4 Å². The van der Waals surface area contributed by atoms with Crippen molar-refractivity contribution in [2.45, 2.75) is 134 Å². The van der Waals surface area contributed by atoms with E-state index < -0.39 is 72.4 Å². The van der Waals surface area contributed by atoms with Gasteiger partial charge in [-0.1, -0.05) is 0 Å². The van der Waals surface area contributed by atoms with Crippen LogP contribution < -0.4 is 0 Å². The first-order valence-electron chi connectivity index (χ1n) is 12.9. The molecule has 0 bridgehead atoms. The Morgan fingerprint density at radius 1 is 0.718 bits per heavy atom. The summed E-state index contributed by atoms with van der Waals surface area (Å²) in [6.45, 7) is 15.2. The molecule has 39 heavy (non-hydrogen) atoms. The zero-order chi connectivity index (χ0) is 29.0.